The highest BCUT2D eigenvalue weighted by atomic mass is 32.2. The van der Waals surface area contributed by atoms with E-state index in [1.54, 1.807) is 48.5 Å². The molecular formula is C25H21F2N3O6S. The summed E-state index contributed by atoms with van der Waals surface area (Å²) in [4.78, 5) is 27.2. The summed E-state index contributed by atoms with van der Waals surface area (Å²) in [5, 5.41) is 2.24. The molecule has 0 fully saturated rings. The van der Waals surface area contributed by atoms with E-state index >= 15 is 8.78 Å². The van der Waals surface area contributed by atoms with Gasteiger partial charge in [-0.25, -0.2) is 13.2 Å². The summed E-state index contributed by atoms with van der Waals surface area (Å²) in [5.41, 5.74) is 0.209. The standard InChI is InChI=1S/C25H21F2N3O6S/c1-29(17-11-12-20-21(14-17)36-15-35-20)23(31)19(13-16-7-3-2-4-8-16)28-24(32)30-25(26,27)18-9-5-6-10-22(18)37(30,33)34/h2-12,14,19H,13,15H2,1H3,(H,28,32)/t19-/m0/s1. The molecule has 3 aromatic carbocycles. The van der Waals surface area contributed by atoms with Gasteiger partial charge in [-0.15, -0.1) is 4.31 Å². The molecule has 3 aromatic rings. The molecule has 2 aliphatic heterocycles. The smallest absolute Gasteiger partial charge is 0.370 e. The molecule has 0 unspecified atom stereocenters. The van der Waals surface area contributed by atoms with E-state index in [9.17, 15) is 18.0 Å². The van der Waals surface area contributed by atoms with Crippen LogP contribution in [0.15, 0.2) is 77.7 Å². The van der Waals surface area contributed by atoms with Crippen LogP contribution in [0.3, 0.4) is 0 Å². The second kappa shape index (κ2) is 9.04. The van der Waals surface area contributed by atoms with E-state index in [1.165, 1.54) is 24.1 Å². The van der Waals surface area contributed by atoms with Crippen LogP contribution in [0.4, 0.5) is 19.3 Å². The Kier molecular flexibility index (Phi) is 5.98. The maximum Gasteiger partial charge on any atom is 0.370 e. The van der Waals surface area contributed by atoms with Crippen molar-refractivity contribution in [2.24, 2.45) is 0 Å². The summed E-state index contributed by atoms with van der Waals surface area (Å²) in [5.74, 6) is 0.259. The van der Waals surface area contributed by atoms with Crippen LogP contribution in [0.1, 0.15) is 11.1 Å². The van der Waals surface area contributed by atoms with Crippen molar-refractivity contribution < 1.29 is 36.3 Å². The molecule has 0 aliphatic carbocycles. The number of alkyl halides is 2. The summed E-state index contributed by atoms with van der Waals surface area (Å²) in [7, 11) is -3.42. The summed E-state index contributed by atoms with van der Waals surface area (Å²) in [6.45, 7) is 0.0318. The first-order valence-corrected chi connectivity index (χ1v) is 12.6. The third-order valence-corrected chi connectivity index (χ3v) is 7.91. The van der Waals surface area contributed by atoms with E-state index in [0.29, 0.717) is 22.7 Å². The molecule has 192 valence electrons. The lowest BCUT2D eigenvalue weighted by atomic mass is 10.0. The van der Waals surface area contributed by atoms with Gasteiger partial charge in [-0.05, 0) is 29.8 Å². The van der Waals surface area contributed by atoms with Gasteiger partial charge in [-0.2, -0.15) is 8.78 Å². The Hall–Kier alpha value is -4.19. The number of carbonyl (C=O) groups excluding carboxylic acids is 2. The minimum absolute atomic E-state index is 0.0318. The summed E-state index contributed by atoms with van der Waals surface area (Å²) >= 11 is 0. The van der Waals surface area contributed by atoms with Crippen LogP contribution < -0.4 is 19.7 Å². The van der Waals surface area contributed by atoms with Crippen molar-refractivity contribution in [3.63, 3.8) is 0 Å². The van der Waals surface area contributed by atoms with Gasteiger partial charge in [0.15, 0.2) is 11.5 Å². The highest BCUT2D eigenvalue weighted by Gasteiger charge is 2.59. The number of anilines is 1. The van der Waals surface area contributed by atoms with Gasteiger partial charge in [0.2, 0.25) is 12.7 Å². The Morgan fingerprint density at radius 3 is 2.43 bits per heavy atom. The Morgan fingerprint density at radius 1 is 1.03 bits per heavy atom. The number of hydrogen-bond donors (Lipinski definition) is 1. The number of carbonyl (C=O) groups is 2. The summed E-state index contributed by atoms with van der Waals surface area (Å²) < 4.78 is 66.2. The number of benzene rings is 3. The number of nitrogens with one attached hydrogen (secondary N) is 1. The van der Waals surface area contributed by atoms with Crippen molar-refractivity contribution >= 4 is 27.6 Å². The van der Waals surface area contributed by atoms with Crippen molar-refractivity contribution in [3.05, 3.63) is 83.9 Å². The predicted octanol–water partition coefficient (Wildman–Crippen LogP) is 3.45. The number of urea groups is 1. The van der Waals surface area contributed by atoms with Gasteiger partial charge in [0.05, 0.1) is 10.5 Å². The fourth-order valence-corrected chi connectivity index (χ4v) is 5.84. The van der Waals surface area contributed by atoms with Gasteiger partial charge < -0.3 is 19.7 Å². The molecule has 0 saturated carbocycles. The molecule has 0 spiro atoms. The molecule has 9 nitrogen and oxygen atoms in total. The van der Waals surface area contributed by atoms with E-state index in [0.717, 1.165) is 12.1 Å². The van der Waals surface area contributed by atoms with E-state index in [4.69, 9.17) is 9.47 Å². The van der Waals surface area contributed by atoms with Crippen LogP contribution in [0.5, 0.6) is 11.5 Å². The van der Waals surface area contributed by atoms with Crippen molar-refractivity contribution in [1.29, 1.82) is 0 Å². The van der Waals surface area contributed by atoms with E-state index in [-0.39, 0.29) is 13.2 Å². The Morgan fingerprint density at radius 2 is 1.70 bits per heavy atom. The minimum atomic E-state index is -4.86. The molecule has 2 heterocycles. The number of likely N-dealkylation sites (N-methyl/N-ethyl adjacent to an activating group) is 1. The van der Waals surface area contributed by atoms with Gasteiger partial charge in [-0.1, -0.05) is 42.5 Å². The first-order chi connectivity index (χ1) is 17.6. The normalized spacial score (nSPS) is 17.1. The Balaban J connectivity index is 1.45. The second-order valence-corrected chi connectivity index (χ2v) is 10.2. The van der Waals surface area contributed by atoms with Gasteiger partial charge in [-0.3, -0.25) is 4.79 Å². The lowest BCUT2D eigenvalue weighted by Gasteiger charge is -2.28. The molecule has 3 amide bonds. The quantitative estimate of drug-likeness (QED) is 0.508. The van der Waals surface area contributed by atoms with Crippen molar-refractivity contribution in [2.45, 2.75) is 23.4 Å². The fourth-order valence-electron chi connectivity index (χ4n) is 4.25. The molecule has 37 heavy (non-hydrogen) atoms. The fraction of sp³-hybridized carbons (Fsp3) is 0.200. The summed E-state index contributed by atoms with van der Waals surface area (Å²) in [6, 6.07) is 10.7. The van der Waals surface area contributed by atoms with Gasteiger partial charge in [0, 0.05) is 25.2 Å². The number of fused-ring (bicyclic) bond motifs is 2. The molecule has 0 saturated heterocycles. The van der Waals surface area contributed by atoms with E-state index in [1.807, 2.05) is 0 Å². The molecule has 5 rings (SSSR count). The highest BCUT2D eigenvalue weighted by Crippen LogP contribution is 2.46. The number of ether oxygens (including phenoxy) is 2. The Bertz CT molecular complexity index is 1480. The van der Waals surface area contributed by atoms with Gasteiger partial charge in [0.25, 0.3) is 10.0 Å². The van der Waals surface area contributed by atoms with Gasteiger partial charge in [0.1, 0.15) is 6.04 Å². The first-order valence-electron chi connectivity index (χ1n) is 11.1. The van der Waals surface area contributed by atoms with Crippen molar-refractivity contribution in [2.75, 3.05) is 18.7 Å². The first kappa shape index (κ1) is 24.5. The average Bonchev–Trinajstić information content (AvgIpc) is 3.41. The second-order valence-electron chi connectivity index (χ2n) is 8.43. The largest absolute Gasteiger partial charge is 0.454 e. The van der Waals surface area contributed by atoms with Crippen molar-refractivity contribution in [3.8, 4) is 11.5 Å². The highest BCUT2D eigenvalue weighted by molar-refractivity contribution is 7.90. The molecule has 0 aromatic heterocycles. The lowest BCUT2D eigenvalue weighted by molar-refractivity contribution is -0.120. The number of sulfonamides is 1. The molecular weight excluding hydrogens is 508 g/mol. The molecule has 1 atom stereocenters. The molecule has 0 bridgehead atoms. The average molecular weight is 530 g/mol. The Labute approximate surface area is 211 Å². The zero-order valence-corrected chi connectivity index (χ0v) is 20.2. The predicted molar refractivity (Wildman–Crippen MR) is 128 cm³/mol. The number of halogens is 2. The van der Waals surface area contributed by atoms with E-state index in [2.05, 4.69) is 5.32 Å². The van der Waals surface area contributed by atoms with Crippen LogP contribution >= 0.6 is 0 Å². The van der Waals surface area contributed by atoms with E-state index < -0.39 is 48.8 Å². The van der Waals surface area contributed by atoms with Crippen LogP contribution in [-0.4, -0.2) is 44.5 Å². The van der Waals surface area contributed by atoms with Crippen LogP contribution in [0.2, 0.25) is 0 Å². The minimum Gasteiger partial charge on any atom is -0.454 e. The van der Waals surface area contributed by atoms with Crippen molar-refractivity contribution in [1.82, 2.24) is 9.62 Å². The van der Waals surface area contributed by atoms with Crippen LogP contribution in [-0.2, 0) is 27.3 Å². The number of nitrogens with zero attached hydrogens (tertiary/aromatic N) is 2. The topological polar surface area (TPSA) is 105 Å². The molecule has 1 N–H and O–H groups in total. The lowest BCUT2D eigenvalue weighted by Crippen LogP contribution is -2.55. The maximum absolute atomic E-state index is 15.1. The number of amides is 3. The maximum atomic E-state index is 15.1. The zero-order chi connectivity index (χ0) is 26.4. The molecule has 2 aliphatic rings. The molecule has 0 radical (unpaired) electrons. The number of rotatable bonds is 5. The third kappa shape index (κ3) is 4.22. The third-order valence-electron chi connectivity index (χ3n) is 6.12. The monoisotopic (exact) mass is 529 g/mol. The van der Waals surface area contributed by atoms with Gasteiger partial charge >= 0.3 is 12.1 Å². The zero-order valence-electron chi connectivity index (χ0n) is 19.4. The number of hydrogen-bond acceptors (Lipinski definition) is 6. The summed E-state index contributed by atoms with van der Waals surface area (Å²) in [6.07, 6.45) is -0.0767. The van der Waals surface area contributed by atoms with Crippen LogP contribution in [0.25, 0.3) is 0 Å². The SMILES string of the molecule is CN(C(=O)[C@H](Cc1ccccc1)NC(=O)N1C(F)(F)c2ccccc2S1(=O)=O)c1ccc2c(c1)OCO2. The van der Waals surface area contributed by atoms with Crippen LogP contribution in [0, 0.1) is 0 Å². The molecule has 12 heteroatoms.